The fourth-order valence-corrected chi connectivity index (χ4v) is 2.34. The van der Waals surface area contributed by atoms with Crippen molar-refractivity contribution >= 4 is 23.4 Å². The number of carbonyl (C=O) groups excluding carboxylic acids is 1. The SMILES string of the molecule is O=C(NCCSc1ncc2ccccn12)OCC(F)(F)F. The highest BCUT2D eigenvalue weighted by Gasteiger charge is 2.29. The Kier molecular flexibility index (Phi) is 4.94. The van der Waals surface area contributed by atoms with Gasteiger partial charge in [-0.2, -0.15) is 13.2 Å². The maximum atomic E-state index is 11.8. The molecule has 0 saturated heterocycles. The van der Waals surface area contributed by atoms with E-state index in [1.54, 1.807) is 6.20 Å². The minimum Gasteiger partial charge on any atom is -0.440 e. The molecule has 2 aromatic rings. The van der Waals surface area contributed by atoms with Crippen LogP contribution in [0.3, 0.4) is 0 Å². The van der Waals surface area contributed by atoms with Crippen molar-refractivity contribution in [3.8, 4) is 0 Å². The first-order valence-electron chi connectivity index (χ1n) is 5.98. The van der Waals surface area contributed by atoms with E-state index in [9.17, 15) is 18.0 Å². The second-order valence-corrected chi connectivity index (χ2v) is 5.06. The zero-order chi connectivity index (χ0) is 15.3. The first-order chi connectivity index (χ1) is 9.96. The number of alkyl carbamates (subject to hydrolysis) is 1. The van der Waals surface area contributed by atoms with Crippen molar-refractivity contribution in [2.75, 3.05) is 18.9 Å². The Labute approximate surface area is 122 Å². The van der Waals surface area contributed by atoms with Crippen LogP contribution in [0.4, 0.5) is 18.0 Å². The van der Waals surface area contributed by atoms with Crippen molar-refractivity contribution in [3.05, 3.63) is 30.6 Å². The quantitative estimate of drug-likeness (QED) is 0.680. The number of amides is 1. The second kappa shape index (κ2) is 6.70. The zero-order valence-corrected chi connectivity index (χ0v) is 11.6. The first kappa shape index (κ1) is 15.5. The summed E-state index contributed by atoms with van der Waals surface area (Å²) in [6.45, 7) is -1.40. The number of carbonyl (C=O) groups is 1. The normalized spacial score (nSPS) is 11.6. The molecule has 21 heavy (non-hydrogen) atoms. The lowest BCUT2D eigenvalue weighted by molar-refractivity contribution is -0.160. The minimum atomic E-state index is -4.51. The van der Waals surface area contributed by atoms with E-state index in [0.29, 0.717) is 5.75 Å². The molecular weight excluding hydrogens is 307 g/mol. The third kappa shape index (κ3) is 4.85. The van der Waals surface area contributed by atoms with Crippen LogP contribution < -0.4 is 5.32 Å². The molecule has 1 amide bonds. The van der Waals surface area contributed by atoms with Crippen LogP contribution in [0.15, 0.2) is 35.7 Å². The van der Waals surface area contributed by atoms with Crippen molar-refractivity contribution < 1.29 is 22.7 Å². The second-order valence-electron chi connectivity index (χ2n) is 4.00. The van der Waals surface area contributed by atoms with Crippen LogP contribution in [0.5, 0.6) is 0 Å². The van der Waals surface area contributed by atoms with Crippen molar-refractivity contribution in [1.82, 2.24) is 14.7 Å². The van der Waals surface area contributed by atoms with Crippen LogP contribution in [-0.2, 0) is 4.74 Å². The van der Waals surface area contributed by atoms with Crippen LogP contribution in [0.25, 0.3) is 5.52 Å². The Morgan fingerprint density at radius 1 is 1.43 bits per heavy atom. The van der Waals surface area contributed by atoms with Gasteiger partial charge < -0.3 is 10.1 Å². The van der Waals surface area contributed by atoms with Crippen molar-refractivity contribution in [1.29, 1.82) is 0 Å². The monoisotopic (exact) mass is 319 g/mol. The Bertz CT molecular complexity index is 615. The summed E-state index contributed by atoms with van der Waals surface area (Å²) in [7, 11) is 0. The molecule has 2 rings (SSSR count). The summed E-state index contributed by atoms with van der Waals surface area (Å²) in [5, 5.41) is 2.99. The Morgan fingerprint density at radius 3 is 3.00 bits per heavy atom. The van der Waals surface area contributed by atoms with Crippen LogP contribution in [0.2, 0.25) is 0 Å². The summed E-state index contributed by atoms with van der Waals surface area (Å²) < 4.78 is 41.3. The van der Waals surface area contributed by atoms with Crippen LogP contribution in [0, 0.1) is 0 Å². The van der Waals surface area contributed by atoms with E-state index in [-0.39, 0.29) is 6.54 Å². The lowest BCUT2D eigenvalue weighted by Gasteiger charge is -2.08. The zero-order valence-electron chi connectivity index (χ0n) is 10.8. The number of ether oxygens (including phenoxy) is 1. The third-order valence-electron chi connectivity index (χ3n) is 2.37. The summed E-state index contributed by atoms with van der Waals surface area (Å²) in [5.74, 6) is 0.467. The predicted molar refractivity (Wildman–Crippen MR) is 71.3 cm³/mol. The average Bonchev–Trinajstić information content (AvgIpc) is 2.84. The molecule has 0 fully saturated rings. The number of nitrogens with one attached hydrogen (secondary N) is 1. The highest BCUT2D eigenvalue weighted by atomic mass is 32.2. The number of hydrogen-bond acceptors (Lipinski definition) is 4. The number of rotatable bonds is 5. The standard InChI is InChI=1S/C12H12F3N3O2S/c13-12(14,15)8-20-11(19)16-4-6-21-10-17-7-9-3-1-2-5-18(9)10/h1-3,5,7H,4,6,8H2,(H,16,19). The molecule has 2 aromatic heterocycles. The first-order valence-corrected chi connectivity index (χ1v) is 6.96. The van der Waals surface area contributed by atoms with E-state index in [2.05, 4.69) is 15.0 Å². The van der Waals surface area contributed by atoms with Gasteiger partial charge in [0.05, 0.1) is 11.7 Å². The summed E-state index contributed by atoms with van der Waals surface area (Å²) in [4.78, 5) is 15.2. The molecule has 2 heterocycles. The number of halogens is 3. The average molecular weight is 319 g/mol. The maximum Gasteiger partial charge on any atom is 0.422 e. The highest BCUT2D eigenvalue weighted by Crippen LogP contribution is 2.17. The number of alkyl halides is 3. The summed E-state index contributed by atoms with van der Waals surface area (Å²) >= 11 is 1.38. The van der Waals surface area contributed by atoms with Crippen molar-refractivity contribution in [2.24, 2.45) is 0 Å². The van der Waals surface area contributed by atoms with Gasteiger partial charge in [-0.05, 0) is 12.1 Å². The molecular formula is C12H12F3N3O2S. The third-order valence-corrected chi connectivity index (χ3v) is 3.34. The molecule has 9 heteroatoms. The molecule has 5 nitrogen and oxygen atoms in total. The molecule has 0 atom stereocenters. The van der Waals surface area contributed by atoms with E-state index in [1.807, 2.05) is 28.8 Å². The molecule has 114 valence electrons. The van der Waals surface area contributed by atoms with Gasteiger partial charge in [-0.15, -0.1) is 0 Å². The Hall–Kier alpha value is -1.90. The van der Waals surface area contributed by atoms with E-state index < -0.39 is 18.9 Å². The van der Waals surface area contributed by atoms with Crippen LogP contribution in [0.1, 0.15) is 0 Å². The van der Waals surface area contributed by atoms with Gasteiger partial charge in [0.25, 0.3) is 0 Å². The molecule has 0 aliphatic rings. The molecule has 0 aromatic carbocycles. The lowest BCUT2D eigenvalue weighted by atomic mass is 10.4. The minimum absolute atomic E-state index is 0.184. The van der Waals surface area contributed by atoms with E-state index in [4.69, 9.17) is 0 Å². The molecule has 0 saturated carbocycles. The molecule has 0 radical (unpaired) electrons. The number of imidazole rings is 1. The van der Waals surface area contributed by atoms with Gasteiger partial charge in [-0.25, -0.2) is 9.78 Å². The number of fused-ring (bicyclic) bond motifs is 1. The molecule has 0 aliphatic heterocycles. The number of pyridine rings is 1. The topological polar surface area (TPSA) is 55.6 Å². The molecule has 0 unspecified atom stereocenters. The summed E-state index contributed by atoms with van der Waals surface area (Å²) in [5.41, 5.74) is 0.942. The van der Waals surface area contributed by atoms with Gasteiger partial charge in [-0.1, -0.05) is 17.8 Å². The van der Waals surface area contributed by atoms with Crippen LogP contribution in [-0.4, -0.2) is 40.6 Å². The van der Waals surface area contributed by atoms with Crippen molar-refractivity contribution in [3.63, 3.8) is 0 Å². The Balaban J connectivity index is 1.71. The molecule has 0 aliphatic carbocycles. The van der Waals surface area contributed by atoms with E-state index in [0.717, 1.165) is 10.7 Å². The maximum absolute atomic E-state index is 11.8. The van der Waals surface area contributed by atoms with Gasteiger partial charge in [0.1, 0.15) is 0 Å². The fraction of sp³-hybridized carbons (Fsp3) is 0.333. The van der Waals surface area contributed by atoms with Gasteiger partial charge in [0.2, 0.25) is 0 Å². The largest absolute Gasteiger partial charge is 0.440 e. The number of nitrogens with zero attached hydrogens (tertiary/aromatic N) is 2. The van der Waals surface area contributed by atoms with Gasteiger partial charge in [0.15, 0.2) is 11.8 Å². The van der Waals surface area contributed by atoms with E-state index >= 15 is 0 Å². The van der Waals surface area contributed by atoms with Gasteiger partial charge in [0, 0.05) is 18.5 Å². The van der Waals surface area contributed by atoms with Gasteiger partial charge in [-0.3, -0.25) is 4.40 Å². The van der Waals surface area contributed by atoms with Crippen LogP contribution >= 0.6 is 11.8 Å². The number of aromatic nitrogens is 2. The summed E-state index contributed by atoms with van der Waals surface area (Å²) in [6.07, 6.45) is -2.02. The molecule has 1 N–H and O–H groups in total. The predicted octanol–water partition coefficient (Wildman–Crippen LogP) is 2.71. The molecule has 0 spiro atoms. The summed E-state index contributed by atoms with van der Waals surface area (Å²) in [6, 6.07) is 5.67. The number of hydrogen-bond donors (Lipinski definition) is 1. The fourth-order valence-electron chi connectivity index (χ4n) is 1.52. The smallest absolute Gasteiger partial charge is 0.422 e. The number of thioether (sulfide) groups is 1. The highest BCUT2D eigenvalue weighted by molar-refractivity contribution is 7.99. The molecule has 0 bridgehead atoms. The van der Waals surface area contributed by atoms with Crippen molar-refractivity contribution in [2.45, 2.75) is 11.3 Å². The Morgan fingerprint density at radius 2 is 2.24 bits per heavy atom. The van der Waals surface area contributed by atoms with Gasteiger partial charge >= 0.3 is 12.3 Å². The lowest BCUT2D eigenvalue weighted by Crippen LogP contribution is -2.30. The van der Waals surface area contributed by atoms with E-state index in [1.165, 1.54) is 11.8 Å².